The SMILES string of the molecule is CC(C)(C)c1cc(Oc2[c-]c3c(cc2)c2cccnc2n2c4ccccc4nc32)[c-]c(-c2nccc3ccccc23)c1.[Pt+2]. The van der Waals surface area contributed by atoms with Crippen LogP contribution in [0.4, 0.5) is 0 Å². The minimum atomic E-state index is -0.103. The van der Waals surface area contributed by atoms with E-state index in [4.69, 9.17) is 19.7 Å². The number of hydrogen-bond donors (Lipinski definition) is 0. The van der Waals surface area contributed by atoms with Crippen LogP contribution in [0.3, 0.4) is 0 Å². The van der Waals surface area contributed by atoms with Crippen LogP contribution in [0.15, 0.2) is 103 Å². The van der Waals surface area contributed by atoms with E-state index in [-0.39, 0.29) is 26.5 Å². The molecule has 4 heterocycles. The molecule has 43 heavy (non-hydrogen) atoms. The number of hydrogen-bond acceptors (Lipinski definition) is 4. The first kappa shape index (κ1) is 27.2. The Bertz CT molecular complexity index is 2330. The predicted molar refractivity (Wildman–Crippen MR) is 169 cm³/mol. The Balaban J connectivity index is 0.00000300. The van der Waals surface area contributed by atoms with Crippen LogP contribution in [-0.4, -0.2) is 19.4 Å². The Morgan fingerprint density at radius 3 is 2.40 bits per heavy atom. The van der Waals surface area contributed by atoms with E-state index in [2.05, 4.69) is 79.8 Å². The summed E-state index contributed by atoms with van der Waals surface area (Å²) in [5.74, 6) is 1.22. The van der Waals surface area contributed by atoms with Crippen LogP contribution in [0.2, 0.25) is 0 Å². The third kappa shape index (κ3) is 4.56. The molecule has 0 atom stereocenters. The van der Waals surface area contributed by atoms with Crippen LogP contribution in [0.1, 0.15) is 26.3 Å². The second-order valence-electron chi connectivity index (χ2n) is 11.6. The fourth-order valence-electron chi connectivity index (χ4n) is 5.74. The molecule has 4 aromatic heterocycles. The van der Waals surface area contributed by atoms with Crippen molar-refractivity contribution in [3.63, 3.8) is 0 Å². The van der Waals surface area contributed by atoms with E-state index in [1.165, 1.54) is 0 Å². The maximum atomic E-state index is 6.54. The zero-order valence-electron chi connectivity index (χ0n) is 23.8. The topological polar surface area (TPSA) is 52.3 Å². The summed E-state index contributed by atoms with van der Waals surface area (Å²) in [5, 5.41) is 5.17. The molecule has 0 aliphatic rings. The van der Waals surface area contributed by atoms with Crippen molar-refractivity contribution in [3.05, 3.63) is 121 Å². The van der Waals surface area contributed by atoms with E-state index < -0.39 is 0 Å². The van der Waals surface area contributed by atoms with Gasteiger partial charge in [-0.2, -0.15) is 0 Å². The Kier molecular flexibility index (Phi) is 6.52. The molecule has 0 saturated carbocycles. The second kappa shape index (κ2) is 10.3. The average Bonchev–Trinajstić information content (AvgIpc) is 3.40. The van der Waals surface area contributed by atoms with Gasteiger partial charge in [-0.1, -0.05) is 98.3 Å². The number of benzene rings is 4. The zero-order chi connectivity index (χ0) is 28.4. The molecule has 0 radical (unpaired) electrons. The molecular weight excluding hydrogens is 712 g/mol. The van der Waals surface area contributed by atoms with Crippen LogP contribution in [0, 0.1) is 12.1 Å². The smallest absolute Gasteiger partial charge is 0.497 e. The first-order chi connectivity index (χ1) is 20.4. The van der Waals surface area contributed by atoms with Gasteiger partial charge in [0.25, 0.3) is 0 Å². The largest absolute Gasteiger partial charge is 2.00 e. The monoisotopic (exact) mass is 737 g/mol. The number of fused-ring (bicyclic) bond motifs is 9. The van der Waals surface area contributed by atoms with E-state index in [0.717, 1.165) is 66.1 Å². The summed E-state index contributed by atoms with van der Waals surface area (Å²) >= 11 is 0. The van der Waals surface area contributed by atoms with Crippen LogP contribution < -0.4 is 4.74 Å². The van der Waals surface area contributed by atoms with Crippen LogP contribution in [0.5, 0.6) is 11.5 Å². The Labute approximate surface area is 263 Å². The van der Waals surface area contributed by atoms with Crippen molar-refractivity contribution in [1.82, 2.24) is 19.4 Å². The van der Waals surface area contributed by atoms with E-state index in [1.807, 2.05) is 60.9 Å². The first-order valence-corrected chi connectivity index (χ1v) is 14.0. The summed E-state index contributed by atoms with van der Waals surface area (Å²) in [6.07, 6.45) is 3.68. The molecule has 5 nitrogen and oxygen atoms in total. The van der Waals surface area contributed by atoms with Gasteiger partial charge in [0.2, 0.25) is 0 Å². The Morgan fingerprint density at radius 2 is 1.51 bits per heavy atom. The maximum Gasteiger partial charge on any atom is 2.00 e. The number of aromatic nitrogens is 4. The van der Waals surface area contributed by atoms with Gasteiger partial charge < -0.3 is 14.1 Å². The van der Waals surface area contributed by atoms with E-state index in [1.54, 1.807) is 0 Å². The van der Waals surface area contributed by atoms with Crippen molar-refractivity contribution >= 4 is 49.3 Å². The quantitative estimate of drug-likeness (QED) is 0.134. The third-order valence-electron chi connectivity index (χ3n) is 7.85. The molecular formula is C37H26N4OPt. The minimum Gasteiger partial charge on any atom is -0.497 e. The number of ether oxygens (including phenoxy) is 1. The summed E-state index contributed by atoms with van der Waals surface area (Å²) in [6, 6.07) is 37.9. The van der Waals surface area contributed by atoms with E-state index in [9.17, 15) is 0 Å². The molecule has 0 amide bonds. The third-order valence-corrected chi connectivity index (χ3v) is 7.85. The Morgan fingerprint density at radius 1 is 0.698 bits per heavy atom. The van der Waals surface area contributed by atoms with Gasteiger partial charge in [-0.25, -0.2) is 4.98 Å². The molecule has 0 N–H and O–H groups in total. The summed E-state index contributed by atoms with van der Waals surface area (Å²) in [6.45, 7) is 6.61. The van der Waals surface area contributed by atoms with Crippen molar-refractivity contribution in [2.75, 3.05) is 0 Å². The summed E-state index contributed by atoms with van der Waals surface area (Å²) < 4.78 is 8.66. The van der Waals surface area contributed by atoms with Gasteiger partial charge in [0, 0.05) is 23.9 Å². The first-order valence-electron chi connectivity index (χ1n) is 14.0. The van der Waals surface area contributed by atoms with E-state index >= 15 is 0 Å². The fraction of sp³-hybridized carbons (Fsp3) is 0.108. The molecule has 0 aliphatic heterocycles. The number of nitrogens with zero attached hydrogens (tertiary/aromatic N) is 4. The van der Waals surface area contributed by atoms with Gasteiger partial charge in [-0.15, -0.1) is 23.3 Å². The second-order valence-corrected chi connectivity index (χ2v) is 11.6. The number of rotatable bonds is 3. The van der Waals surface area contributed by atoms with Gasteiger partial charge >= 0.3 is 21.1 Å². The van der Waals surface area contributed by atoms with Crippen LogP contribution >= 0.6 is 0 Å². The fourth-order valence-corrected chi connectivity index (χ4v) is 5.74. The normalized spacial score (nSPS) is 11.9. The van der Waals surface area contributed by atoms with Crippen molar-refractivity contribution in [2.45, 2.75) is 26.2 Å². The molecule has 8 aromatic rings. The molecule has 6 heteroatoms. The molecule has 0 saturated heterocycles. The van der Waals surface area contributed by atoms with Gasteiger partial charge in [-0.05, 0) is 51.5 Å². The maximum absolute atomic E-state index is 6.54. The molecule has 0 spiro atoms. The number of pyridine rings is 3. The molecule has 0 unspecified atom stereocenters. The molecule has 0 fully saturated rings. The summed E-state index contributed by atoms with van der Waals surface area (Å²) in [7, 11) is 0. The van der Waals surface area contributed by atoms with Gasteiger partial charge in [0.1, 0.15) is 5.65 Å². The molecule has 0 aliphatic carbocycles. The van der Waals surface area contributed by atoms with Crippen LogP contribution in [0.25, 0.3) is 60.5 Å². The zero-order valence-corrected chi connectivity index (χ0v) is 26.1. The van der Waals surface area contributed by atoms with Gasteiger partial charge in [0.05, 0.1) is 16.7 Å². The van der Waals surface area contributed by atoms with Gasteiger partial charge in [0.15, 0.2) is 0 Å². The molecule has 0 bridgehead atoms. The number of imidazole rings is 1. The Hall–Kier alpha value is -4.60. The minimum absolute atomic E-state index is 0. The van der Waals surface area contributed by atoms with E-state index in [0.29, 0.717) is 11.5 Å². The van der Waals surface area contributed by atoms with Crippen molar-refractivity contribution in [1.29, 1.82) is 0 Å². The summed E-state index contributed by atoms with van der Waals surface area (Å²) in [4.78, 5) is 14.5. The standard InChI is InChI=1S/C37H26N4O.Pt/c1-37(2,3)25-19-24(34-28-10-5-4-9-23(28)16-18-38-34)20-27(21-25)42-26-14-15-29-30-11-8-17-39-35(30)41-33-13-7-6-12-32(33)40-36(41)31(29)22-26;/h4-19,21H,1-3H3;/q-2;+2. The van der Waals surface area contributed by atoms with Crippen molar-refractivity contribution in [3.8, 4) is 22.8 Å². The van der Waals surface area contributed by atoms with Crippen molar-refractivity contribution in [2.24, 2.45) is 0 Å². The predicted octanol–water partition coefficient (Wildman–Crippen LogP) is 9.09. The molecule has 8 rings (SSSR count). The van der Waals surface area contributed by atoms with Crippen LogP contribution in [-0.2, 0) is 26.5 Å². The summed E-state index contributed by atoms with van der Waals surface area (Å²) in [5.41, 5.74) is 6.41. The number of para-hydroxylation sites is 2. The molecule has 210 valence electrons. The molecule has 4 aromatic carbocycles. The average molecular weight is 738 g/mol. The van der Waals surface area contributed by atoms with Gasteiger partial charge in [-0.3, -0.25) is 4.98 Å². The van der Waals surface area contributed by atoms with Crippen molar-refractivity contribution < 1.29 is 25.8 Å².